The number of hydrogen-bond donors (Lipinski definition) is 2. The number of carbonyl (C=O) groups excluding carboxylic acids is 1. The number of nitrogens with two attached hydrogens (primary N) is 1. The van der Waals surface area contributed by atoms with E-state index in [9.17, 15) is 9.59 Å². The molecule has 0 aromatic heterocycles. The molecule has 1 aromatic rings. The highest BCUT2D eigenvalue weighted by Crippen LogP contribution is 2.31. The molecule has 1 fully saturated rings. The van der Waals surface area contributed by atoms with Crippen molar-refractivity contribution in [2.45, 2.75) is 31.7 Å². The Kier molecular flexibility index (Phi) is 4.65. The smallest absolute Gasteiger partial charge is 0.323 e. The van der Waals surface area contributed by atoms with Crippen molar-refractivity contribution in [1.82, 2.24) is 0 Å². The van der Waals surface area contributed by atoms with Crippen LogP contribution in [0.3, 0.4) is 0 Å². The van der Waals surface area contributed by atoms with Gasteiger partial charge in [-0.2, -0.15) is 0 Å². The Morgan fingerprint density at radius 3 is 2.55 bits per heavy atom. The number of carboxylic acid groups (broad SMARTS) is 1. The number of anilines is 1. The molecule has 2 rings (SSSR count). The third-order valence-corrected chi connectivity index (χ3v) is 4.10. The van der Waals surface area contributed by atoms with E-state index in [4.69, 9.17) is 10.8 Å². The molecule has 0 radical (unpaired) electrons. The second-order valence-corrected chi connectivity index (χ2v) is 5.90. The first-order chi connectivity index (χ1) is 9.49. The minimum atomic E-state index is -0.907. The van der Waals surface area contributed by atoms with Gasteiger partial charge in [-0.25, -0.2) is 0 Å². The second kappa shape index (κ2) is 6.26. The lowest BCUT2D eigenvalue weighted by Crippen LogP contribution is -2.39. The number of nitrogens with zero attached hydrogens (tertiary/aromatic N) is 1. The fourth-order valence-electron chi connectivity index (χ4n) is 2.73. The summed E-state index contributed by atoms with van der Waals surface area (Å²) in [5.74, 6) is -1.45. The number of hydrogen-bond acceptors (Lipinski definition) is 3. The maximum Gasteiger partial charge on any atom is 0.323 e. The van der Waals surface area contributed by atoms with E-state index in [0.29, 0.717) is 11.3 Å². The molecular weight excluding hydrogens is 324 g/mol. The number of primary amides is 1. The molecule has 5 nitrogen and oxygen atoms in total. The Morgan fingerprint density at radius 1 is 1.35 bits per heavy atom. The third-order valence-electron chi connectivity index (χ3n) is 3.60. The quantitative estimate of drug-likeness (QED) is 0.861. The van der Waals surface area contributed by atoms with Crippen molar-refractivity contribution >= 4 is 33.5 Å². The predicted octanol–water partition coefficient (Wildman–Crippen LogP) is 2.38. The summed E-state index contributed by atoms with van der Waals surface area (Å²) in [4.78, 5) is 24.5. The Labute approximate surface area is 125 Å². The van der Waals surface area contributed by atoms with Crippen molar-refractivity contribution in [1.29, 1.82) is 0 Å². The minimum absolute atomic E-state index is 0.118. The molecule has 1 aliphatic rings. The van der Waals surface area contributed by atoms with E-state index in [2.05, 4.69) is 15.9 Å². The first-order valence-corrected chi connectivity index (χ1v) is 7.36. The van der Waals surface area contributed by atoms with Crippen LogP contribution in [0.1, 0.15) is 36.0 Å². The zero-order chi connectivity index (χ0) is 14.7. The summed E-state index contributed by atoms with van der Waals surface area (Å²) >= 11 is 3.31. The van der Waals surface area contributed by atoms with Crippen LogP contribution < -0.4 is 10.6 Å². The average Bonchev–Trinajstić information content (AvgIpc) is 2.89. The van der Waals surface area contributed by atoms with E-state index >= 15 is 0 Å². The van der Waals surface area contributed by atoms with Gasteiger partial charge in [0.2, 0.25) is 0 Å². The van der Waals surface area contributed by atoms with Crippen LogP contribution in [0, 0.1) is 0 Å². The number of benzene rings is 1. The van der Waals surface area contributed by atoms with Crippen LogP contribution in [-0.2, 0) is 4.79 Å². The zero-order valence-corrected chi connectivity index (χ0v) is 12.6. The lowest BCUT2D eigenvalue weighted by molar-refractivity contribution is -0.135. The van der Waals surface area contributed by atoms with Crippen molar-refractivity contribution in [2.75, 3.05) is 11.4 Å². The Hall–Kier alpha value is -1.56. The first-order valence-electron chi connectivity index (χ1n) is 6.57. The molecule has 0 saturated heterocycles. The SMILES string of the molecule is NC(=O)c1cc(Br)ccc1N(CC(=O)O)C1CCCC1. The number of aliphatic carboxylic acids is 1. The molecule has 3 N–H and O–H groups in total. The van der Waals surface area contributed by atoms with Crippen molar-refractivity contribution in [2.24, 2.45) is 5.73 Å². The molecular formula is C14H17BrN2O3. The van der Waals surface area contributed by atoms with Crippen LogP contribution in [0.5, 0.6) is 0 Å². The topological polar surface area (TPSA) is 83.6 Å². The number of carbonyl (C=O) groups is 2. The van der Waals surface area contributed by atoms with E-state index in [1.165, 1.54) is 0 Å². The van der Waals surface area contributed by atoms with Gasteiger partial charge in [0.15, 0.2) is 0 Å². The molecule has 1 amide bonds. The maximum atomic E-state index is 11.6. The first kappa shape index (κ1) is 14.8. The van der Waals surface area contributed by atoms with Gasteiger partial charge < -0.3 is 15.7 Å². The van der Waals surface area contributed by atoms with Crippen molar-refractivity contribution < 1.29 is 14.7 Å². The van der Waals surface area contributed by atoms with E-state index in [1.807, 2.05) is 0 Å². The predicted molar refractivity (Wildman–Crippen MR) is 79.9 cm³/mol. The molecule has 6 heteroatoms. The molecule has 1 aliphatic carbocycles. The van der Waals surface area contributed by atoms with Gasteiger partial charge in [0.25, 0.3) is 5.91 Å². The molecule has 0 atom stereocenters. The van der Waals surface area contributed by atoms with Gasteiger partial charge in [0.05, 0.1) is 11.3 Å². The molecule has 0 unspecified atom stereocenters. The van der Waals surface area contributed by atoms with Crippen LogP contribution in [0.2, 0.25) is 0 Å². The fourth-order valence-corrected chi connectivity index (χ4v) is 3.09. The summed E-state index contributed by atoms with van der Waals surface area (Å²) < 4.78 is 0.747. The van der Waals surface area contributed by atoms with Gasteiger partial charge in [0, 0.05) is 10.5 Å². The highest BCUT2D eigenvalue weighted by Gasteiger charge is 2.27. The monoisotopic (exact) mass is 340 g/mol. The molecule has 108 valence electrons. The molecule has 0 bridgehead atoms. The van der Waals surface area contributed by atoms with E-state index < -0.39 is 11.9 Å². The summed E-state index contributed by atoms with van der Waals surface area (Å²) in [5, 5.41) is 9.12. The largest absolute Gasteiger partial charge is 0.480 e. The maximum absolute atomic E-state index is 11.6. The summed E-state index contributed by atoms with van der Waals surface area (Å²) in [6.07, 6.45) is 4.07. The van der Waals surface area contributed by atoms with Gasteiger partial charge in [0.1, 0.15) is 6.54 Å². The lowest BCUT2D eigenvalue weighted by atomic mass is 10.1. The van der Waals surface area contributed by atoms with E-state index in [0.717, 1.165) is 30.2 Å². The summed E-state index contributed by atoms with van der Waals surface area (Å²) in [7, 11) is 0. The molecule has 20 heavy (non-hydrogen) atoms. The van der Waals surface area contributed by atoms with Crippen molar-refractivity contribution in [3.63, 3.8) is 0 Å². The van der Waals surface area contributed by atoms with Gasteiger partial charge in [-0.05, 0) is 31.0 Å². The summed E-state index contributed by atoms with van der Waals surface area (Å²) in [6.45, 7) is -0.118. The van der Waals surface area contributed by atoms with Crippen LogP contribution in [0.4, 0.5) is 5.69 Å². The molecule has 0 spiro atoms. The summed E-state index contributed by atoms with van der Waals surface area (Å²) in [6, 6.07) is 5.35. The standard InChI is InChI=1S/C14H17BrN2O3/c15-9-5-6-12(11(7-9)14(16)20)17(8-13(18)19)10-3-1-2-4-10/h5-7,10H,1-4,8H2,(H2,16,20)(H,18,19). The molecule has 1 aromatic carbocycles. The van der Waals surface area contributed by atoms with Crippen molar-refractivity contribution in [3.8, 4) is 0 Å². The fraction of sp³-hybridized carbons (Fsp3) is 0.429. The molecule has 1 saturated carbocycles. The van der Waals surface area contributed by atoms with Gasteiger partial charge in [-0.3, -0.25) is 9.59 Å². The van der Waals surface area contributed by atoms with Crippen molar-refractivity contribution in [3.05, 3.63) is 28.2 Å². The van der Waals surface area contributed by atoms with Crippen LogP contribution in [0.25, 0.3) is 0 Å². The Morgan fingerprint density at radius 2 is 2.00 bits per heavy atom. The highest BCUT2D eigenvalue weighted by molar-refractivity contribution is 9.10. The van der Waals surface area contributed by atoms with E-state index in [1.54, 1.807) is 23.1 Å². The van der Waals surface area contributed by atoms with Crippen LogP contribution >= 0.6 is 15.9 Å². The second-order valence-electron chi connectivity index (χ2n) is 4.99. The zero-order valence-electron chi connectivity index (χ0n) is 11.0. The summed E-state index contributed by atoms with van der Waals surface area (Å²) in [5.41, 5.74) is 6.38. The van der Waals surface area contributed by atoms with Crippen LogP contribution in [0.15, 0.2) is 22.7 Å². The number of halogens is 1. The van der Waals surface area contributed by atoms with Gasteiger partial charge in [-0.1, -0.05) is 28.8 Å². The van der Waals surface area contributed by atoms with E-state index in [-0.39, 0.29) is 12.6 Å². The van der Waals surface area contributed by atoms with Gasteiger partial charge >= 0.3 is 5.97 Å². The number of carboxylic acids is 1. The molecule has 0 aliphatic heterocycles. The molecule has 0 heterocycles. The minimum Gasteiger partial charge on any atom is -0.480 e. The lowest BCUT2D eigenvalue weighted by Gasteiger charge is -2.31. The normalized spacial score (nSPS) is 15.2. The average molecular weight is 341 g/mol. The Balaban J connectivity index is 2.41. The highest BCUT2D eigenvalue weighted by atomic mass is 79.9. The van der Waals surface area contributed by atoms with Crippen LogP contribution in [-0.4, -0.2) is 29.6 Å². The van der Waals surface area contributed by atoms with Gasteiger partial charge in [-0.15, -0.1) is 0 Å². The number of amides is 1. The number of rotatable bonds is 5. The Bertz CT molecular complexity index is 527. The third kappa shape index (κ3) is 3.30.